The van der Waals surface area contributed by atoms with Gasteiger partial charge in [0.15, 0.2) is 0 Å². The molecule has 0 saturated carbocycles. The minimum Gasteiger partial charge on any atom is -0.370 e. The van der Waals surface area contributed by atoms with E-state index >= 15 is 0 Å². The highest BCUT2D eigenvalue weighted by Gasteiger charge is 2.24. The number of piperidine rings is 1. The fourth-order valence-electron chi connectivity index (χ4n) is 2.30. The second kappa shape index (κ2) is 5.08. The molecule has 0 bridgehead atoms. The van der Waals surface area contributed by atoms with E-state index in [-0.39, 0.29) is 11.8 Å². The molecule has 1 aliphatic heterocycles. The number of carbonyl (C=O) groups is 1. The van der Waals surface area contributed by atoms with E-state index in [1.54, 1.807) is 0 Å². The maximum Gasteiger partial charge on any atom is 0.222 e. The molecule has 2 rings (SSSR count). The van der Waals surface area contributed by atoms with Crippen LogP contribution in [0.1, 0.15) is 18.4 Å². The SMILES string of the molecule is Cc1ccc(N2CCCC(C(N)=O)C2)c(Br)c1. The smallest absolute Gasteiger partial charge is 0.222 e. The number of nitrogens with two attached hydrogens (primary N) is 1. The van der Waals surface area contributed by atoms with Crippen molar-refractivity contribution in [3.8, 4) is 0 Å². The molecule has 0 spiro atoms. The molecule has 17 heavy (non-hydrogen) atoms. The van der Waals surface area contributed by atoms with Gasteiger partial charge in [-0.2, -0.15) is 0 Å². The number of hydrogen-bond donors (Lipinski definition) is 1. The van der Waals surface area contributed by atoms with Gasteiger partial charge in [-0.1, -0.05) is 6.07 Å². The van der Waals surface area contributed by atoms with Gasteiger partial charge in [0.05, 0.1) is 11.6 Å². The molecule has 1 fully saturated rings. The summed E-state index contributed by atoms with van der Waals surface area (Å²) in [5.74, 6) is -0.199. The number of primary amides is 1. The zero-order chi connectivity index (χ0) is 12.4. The standard InChI is InChI=1S/C13H17BrN2O/c1-9-4-5-12(11(14)7-9)16-6-2-3-10(8-16)13(15)17/h4-5,7,10H,2-3,6,8H2,1H3,(H2,15,17). The number of anilines is 1. The zero-order valence-corrected chi connectivity index (χ0v) is 11.5. The summed E-state index contributed by atoms with van der Waals surface area (Å²) in [6, 6.07) is 6.29. The lowest BCUT2D eigenvalue weighted by molar-refractivity contribution is -0.122. The van der Waals surface area contributed by atoms with Crippen LogP contribution < -0.4 is 10.6 Å². The van der Waals surface area contributed by atoms with E-state index in [9.17, 15) is 4.79 Å². The van der Waals surface area contributed by atoms with Crippen molar-refractivity contribution in [2.24, 2.45) is 11.7 Å². The molecule has 0 radical (unpaired) electrons. The van der Waals surface area contributed by atoms with Crippen molar-refractivity contribution < 1.29 is 4.79 Å². The minimum atomic E-state index is -0.182. The Labute approximate surface area is 110 Å². The Morgan fingerprint density at radius 2 is 2.29 bits per heavy atom. The highest BCUT2D eigenvalue weighted by atomic mass is 79.9. The molecular formula is C13H17BrN2O. The van der Waals surface area contributed by atoms with Crippen molar-refractivity contribution in [3.63, 3.8) is 0 Å². The summed E-state index contributed by atoms with van der Waals surface area (Å²) in [5.41, 5.74) is 7.77. The summed E-state index contributed by atoms with van der Waals surface area (Å²) in [6.45, 7) is 3.79. The molecule has 1 aliphatic rings. The van der Waals surface area contributed by atoms with Crippen LogP contribution in [-0.2, 0) is 4.79 Å². The van der Waals surface area contributed by atoms with Crippen LogP contribution in [0.25, 0.3) is 0 Å². The number of hydrogen-bond acceptors (Lipinski definition) is 2. The normalized spacial score (nSPS) is 20.4. The van der Waals surface area contributed by atoms with Crippen molar-refractivity contribution in [1.82, 2.24) is 0 Å². The number of nitrogens with zero attached hydrogens (tertiary/aromatic N) is 1. The van der Waals surface area contributed by atoms with Gasteiger partial charge in [0, 0.05) is 17.6 Å². The number of carbonyl (C=O) groups excluding carboxylic acids is 1. The molecule has 3 nitrogen and oxygen atoms in total. The van der Waals surface area contributed by atoms with E-state index in [1.807, 2.05) is 0 Å². The monoisotopic (exact) mass is 296 g/mol. The summed E-state index contributed by atoms with van der Waals surface area (Å²) in [6.07, 6.45) is 1.93. The zero-order valence-electron chi connectivity index (χ0n) is 9.95. The first-order valence-electron chi connectivity index (χ1n) is 5.88. The van der Waals surface area contributed by atoms with Crippen LogP contribution in [0.2, 0.25) is 0 Å². The second-order valence-electron chi connectivity index (χ2n) is 4.64. The molecule has 0 aliphatic carbocycles. The third-order valence-electron chi connectivity index (χ3n) is 3.27. The minimum absolute atomic E-state index is 0.0167. The molecule has 4 heteroatoms. The third kappa shape index (κ3) is 2.80. The Hall–Kier alpha value is -1.03. The fraction of sp³-hybridized carbons (Fsp3) is 0.462. The number of amides is 1. The molecule has 1 heterocycles. The topological polar surface area (TPSA) is 46.3 Å². The highest BCUT2D eigenvalue weighted by Crippen LogP contribution is 2.30. The summed E-state index contributed by atoms with van der Waals surface area (Å²) in [7, 11) is 0. The third-order valence-corrected chi connectivity index (χ3v) is 3.90. The van der Waals surface area contributed by atoms with E-state index in [4.69, 9.17) is 5.73 Å². The number of aryl methyl sites for hydroxylation is 1. The Bertz CT molecular complexity index is 433. The Morgan fingerprint density at radius 1 is 1.53 bits per heavy atom. The van der Waals surface area contributed by atoms with Crippen LogP contribution in [0, 0.1) is 12.8 Å². The van der Waals surface area contributed by atoms with E-state index < -0.39 is 0 Å². The molecular weight excluding hydrogens is 280 g/mol. The van der Waals surface area contributed by atoms with Crippen molar-refractivity contribution in [2.75, 3.05) is 18.0 Å². The van der Waals surface area contributed by atoms with Crippen molar-refractivity contribution >= 4 is 27.5 Å². The van der Waals surface area contributed by atoms with Gasteiger partial charge in [0.2, 0.25) is 5.91 Å². The Kier molecular flexibility index (Phi) is 3.72. The van der Waals surface area contributed by atoms with Crippen molar-refractivity contribution in [3.05, 3.63) is 28.2 Å². The average molecular weight is 297 g/mol. The van der Waals surface area contributed by atoms with Gasteiger partial charge < -0.3 is 10.6 Å². The van der Waals surface area contributed by atoms with Gasteiger partial charge >= 0.3 is 0 Å². The summed E-state index contributed by atoms with van der Waals surface area (Å²) >= 11 is 3.58. The van der Waals surface area contributed by atoms with Gasteiger partial charge in [-0.05, 0) is 53.4 Å². The Balaban J connectivity index is 2.19. The quantitative estimate of drug-likeness (QED) is 0.911. The van der Waals surface area contributed by atoms with E-state index in [0.29, 0.717) is 0 Å². The first-order valence-corrected chi connectivity index (χ1v) is 6.67. The Morgan fingerprint density at radius 3 is 2.94 bits per heavy atom. The van der Waals surface area contributed by atoms with Crippen LogP contribution in [0.3, 0.4) is 0 Å². The average Bonchev–Trinajstić information content (AvgIpc) is 2.29. The summed E-state index contributed by atoms with van der Waals surface area (Å²) in [4.78, 5) is 13.5. The number of rotatable bonds is 2. The van der Waals surface area contributed by atoms with Gasteiger partial charge in [-0.15, -0.1) is 0 Å². The van der Waals surface area contributed by atoms with E-state index in [2.05, 4.69) is 46.0 Å². The molecule has 0 aromatic heterocycles. The maximum absolute atomic E-state index is 11.3. The van der Waals surface area contributed by atoms with Crippen molar-refractivity contribution in [1.29, 1.82) is 0 Å². The van der Waals surface area contributed by atoms with E-state index in [1.165, 1.54) is 5.56 Å². The summed E-state index contributed by atoms with van der Waals surface area (Å²) < 4.78 is 1.09. The lowest BCUT2D eigenvalue weighted by atomic mass is 9.97. The number of benzene rings is 1. The molecule has 1 amide bonds. The predicted molar refractivity (Wildman–Crippen MR) is 73.0 cm³/mol. The van der Waals surface area contributed by atoms with Crippen LogP contribution in [0.4, 0.5) is 5.69 Å². The first kappa shape index (κ1) is 12.4. The first-order chi connectivity index (χ1) is 8.08. The van der Waals surface area contributed by atoms with Crippen LogP contribution in [0.5, 0.6) is 0 Å². The highest BCUT2D eigenvalue weighted by molar-refractivity contribution is 9.10. The predicted octanol–water partition coefficient (Wildman–Crippen LogP) is 2.46. The van der Waals surface area contributed by atoms with Crippen LogP contribution in [-0.4, -0.2) is 19.0 Å². The van der Waals surface area contributed by atoms with Crippen molar-refractivity contribution in [2.45, 2.75) is 19.8 Å². The van der Waals surface area contributed by atoms with Gasteiger partial charge in [-0.25, -0.2) is 0 Å². The molecule has 1 aromatic rings. The van der Waals surface area contributed by atoms with Gasteiger partial charge in [0.1, 0.15) is 0 Å². The van der Waals surface area contributed by atoms with E-state index in [0.717, 1.165) is 36.1 Å². The largest absolute Gasteiger partial charge is 0.370 e. The van der Waals surface area contributed by atoms with Gasteiger partial charge in [-0.3, -0.25) is 4.79 Å². The van der Waals surface area contributed by atoms with Crippen LogP contribution >= 0.6 is 15.9 Å². The lowest BCUT2D eigenvalue weighted by Crippen LogP contribution is -2.41. The summed E-state index contributed by atoms with van der Waals surface area (Å²) in [5, 5.41) is 0. The van der Waals surface area contributed by atoms with Gasteiger partial charge in [0.25, 0.3) is 0 Å². The lowest BCUT2D eigenvalue weighted by Gasteiger charge is -2.33. The molecule has 1 unspecified atom stereocenters. The molecule has 1 saturated heterocycles. The molecule has 2 N–H and O–H groups in total. The second-order valence-corrected chi connectivity index (χ2v) is 5.50. The molecule has 1 atom stereocenters. The molecule has 1 aromatic carbocycles. The maximum atomic E-state index is 11.3. The fourth-order valence-corrected chi connectivity index (χ4v) is 3.04. The molecule has 92 valence electrons. The number of halogens is 1. The van der Waals surface area contributed by atoms with Crippen LogP contribution in [0.15, 0.2) is 22.7 Å².